The second kappa shape index (κ2) is 8.28. The minimum atomic E-state index is -0.440. The zero-order valence-electron chi connectivity index (χ0n) is 17.2. The molecule has 0 radical (unpaired) electrons. The lowest BCUT2D eigenvalue weighted by atomic mass is 10.1. The largest absolute Gasteiger partial charge is 0.495 e. The van der Waals surface area contributed by atoms with Crippen molar-refractivity contribution in [3.63, 3.8) is 0 Å². The van der Waals surface area contributed by atoms with Crippen LogP contribution in [0.5, 0.6) is 5.75 Å². The van der Waals surface area contributed by atoms with E-state index in [0.717, 1.165) is 24.5 Å². The SMILES string of the molecule is COc1ccccc1N1CCN(C2CC(=O)N(c3ccc(C(C)=O)cc3)C2=O)CC1. The number of carbonyl (C=O) groups excluding carboxylic acids is 3. The molecule has 0 bridgehead atoms. The van der Waals surface area contributed by atoms with Gasteiger partial charge < -0.3 is 9.64 Å². The highest BCUT2D eigenvalue weighted by atomic mass is 16.5. The molecule has 156 valence electrons. The Morgan fingerprint density at radius 3 is 2.27 bits per heavy atom. The lowest BCUT2D eigenvalue weighted by molar-refractivity contribution is -0.123. The van der Waals surface area contributed by atoms with E-state index in [-0.39, 0.29) is 24.0 Å². The summed E-state index contributed by atoms with van der Waals surface area (Å²) in [5.41, 5.74) is 2.12. The Bertz CT molecular complexity index is 965. The smallest absolute Gasteiger partial charge is 0.251 e. The van der Waals surface area contributed by atoms with E-state index in [4.69, 9.17) is 4.74 Å². The van der Waals surface area contributed by atoms with Crippen LogP contribution in [0.15, 0.2) is 48.5 Å². The Morgan fingerprint density at radius 2 is 1.63 bits per heavy atom. The first-order valence-corrected chi connectivity index (χ1v) is 10.1. The third kappa shape index (κ3) is 3.68. The van der Waals surface area contributed by atoms with Gasteiger partial charge in [-0.2, -0.15) is 0 Å². The molecule has 0 saturated carbocycles. The van der Waals surface area contributed by atoms with Crippen molar-refractivity contribution in [2.45, 2.75) is 19.4 Å². The minimum Gasteiger partial charge on any atom is -0.495 e. The quantitative estimate of drug-likeness (QED) is 0.560. The topological polar surface area (TPSA) is 70.2 Å². The van der Waals surface area contributed by atoms with Crippen LogP contribution in [0.25, 0.3) is 0 Å². The fraction of sp³-hybridized carbons (Fsp3) is 0.348. The Hall–Kier alpha value is -3.19. The zero-order valence-corrected chi connectivity index (χ0v) is 17.2. The van der Waals surface area contributed by atoms with E-state index in [0.29, 0.717) is 24.3 Å². The molecule has 2 aromatic rings. The van der Waals surface area contributed by atoms with Crippen molar-refractivity contribution in [1.82, 2.24) is 4.90 Å². The summed E-state index contributed by atoms with van der Waals surface area (Å²) < 4.78 is 5.46. The van der Waals surface area contributed by atoms with Crippen LogP contribution >= 0.6 is 0 Å². The molecular weight excluding hydrogens is 382 g/mol. The van der Waals surface area contributed by atoms with Crippen molar-refractivity contribution in [2.24, 2.45) is 0 Å². The van der Waals surface area contributed by atoms with E-state index >= 15 is 0 Å². The summed E-state index contributed by atoms with van der Waals surface area (Å²) in [6.07, 6.45) is 0.182. The van der Waals surface area contributed by atoms with Crippen molar-refractivity contribution in [3.05, 3.63) is 54.1 Å². The van der Waals surface area contributed by atoms with Gasteiger partial charge >= 0.3 is 0 Å². The second-order valence-electron chi connectivity index (χ2n) is 7.59. The third-order valence-corrected chi connectivity index (χ3v) is 5.84. The molecule has 2 amide bonds. The maximum Gasteiger partial charge on any atom is 0.251 e. The van der Waals surface area contributed by atoms with Crippen molar-refractivity contribution >= 4 is 29.0 Å². The van der Waals surface area contributed by atoms with Gasteiger partial charge in [0, 0.05) is 31.7 Å². The molecule has 0 aromatic heterocycles. The van der Waals surface area contributed by atoms with Crippen LogP contribution in [0, 0.1) is 0 Å². The fourth-order valence-corrected chi connectivity index (χ4v) is 4.18. The van der Waals surface area contributed by atoms with Gasteiger partial charge in [0.2, 0.25) is 5.91 Å². The second-order valence-corrected chi connectivity index (χ2v) is 7.59. The summed E-state index contributed by atoms with van der Waals surface area (Å²) in [5.74, 6) is 0.388. The van der Waals surface area contributed by atoms with Gasteiger partial charge in [-0.25, -0.2) is 4.90 Å². The molecule has 0 N–H and O–H groups in total. The van der Waals surface area contributed by atoms with Crippen LogP contribution in [0.2, 0.25) is 0 Å². The Morgan fingerprint density at radius 1 is 0.967 bits per heavy atom. The molecule has 2 aliphatic heterocycles. The van der Waals surface area contributed by atoms with Crippen LogP contribution < -0.4 is 14.5 Å². The van der Waals surface area contributed by atoms with E-state index in [9.17, 15) is 14.4 Å². The first-order valence-electron chi connectivity index (χ1n) is 10.1. The van der Waals surface area contributed by atoms with E-state index < -0.39 is 6.04 Å². The van der Waals surface area contributed by atoms with Gasteiger partial charge in [-0.05, 0) is 43.3 Å². The maximum absolute atomic E-state index is 13.0. The molecule has 1 atom stereocenters. The van der Waals surface area contributed by atoms with Crippen LogP contribution in [-0.4, -0.2) is 61.8 Å². The zero-order chi connectivity index (χ0) is 21.3. The molecule has 4 rings (SSSR count). The number of ether oxygens (including phenoxy) is 1. The van der Waals surface area contributed by atoms with Crippen molar-refractivity contribution < 1.29 is 19.1 Å². The first-order chi connectivity index (χ1) is 14.5. The molecule has 0 aliphatic carbocycles. The number of carbonyl (C=O) groups is 3. The summed E-state index contributed by atoms with van der Waals surface area (Å²) in [6, 6.07) is 14.1. The van der Waals surface area contributed by atoms with E-state index in [1.807, 2.05) is 24.3 Å². The number of Topliss-reactive ketones (excluding diaryl/α,β-unsaturated/α-hetero) is 1. The molecule has 1 unspecified atom stereocenters. The average Bonchev–Trinajstić information content (AvgIpc) is 3.07. The first kappa shape index (κ1) is 20.1. The van der Waals surface area contributed by atoms with Gasteiger partial charge in [-0.1, -0.05) is 12.1 Å². The number of amides is 2. The van der Waals surface area contributed by atoms with Gasteiger partial charge in [0.1, 0.15) is 5.75 Å². The van der Waals surface area contributed by atoms with Crippen LogP contribution in [0.1, 0.15) is 23.7 Å². The number of hydrogen-bond acceptors (Lipinski definition) is 6. The molecule has 30 heavy (non-hydrogen) atoms. The lowest BCUT2D eigenvalue weighted by Crippen LogP contribution is -2.52. The molecule has 0 spiro atoms. The Labute approximate surface area is 175 Å². The lowest BCUT2D eigenvalue weighted by Gasteiger charge is -2.38. The summed E-state index contributed by atoms with van der Waals surface area (Å²) in [4.78, 5) is 42.7. The molecule has 7 nitrogen and oxygen atoms in total. The Balaban J connectivity index is 1.44. The normalized spacial score (nSPS) is 20.0. The van der Waals surface area contributed by atoms with Gasteiger partial charge in [0.25, 0.3) is 5.91 Å². The molecule has 2 aliphatic rings. The molecular formula is C23H25N3O4. The van der Waals surface area contributed by atoms with Crippen LogP contribution in [-0.2, 0) is 9.59 Å². The number of para-hydroxylation sites is 2. The Kier molecular flexibility index (Phi) is 5.55. The van der Waals surface area contributed by atoms with E-state index in [1.165, 1.54) is 11.8 Å². The molecule has 2 heterocycles. The summed E-state index contributed by atoms with van der Waals surface area (Å²) >= 11 is 0. The fourth-order valence-electron chi connectivity index (χ4n) is 4.18. The minimum absolute atomic E-state index is 0.0496. The third-order valence-electron chi connectivity index (χ3n) is 5.84. The number of anilines is 2. The number of imide groups is 1. The highest BCUT2D eigenvalue weighted by Gasteiger charge is 2.43. The van der Waals surface area contributed by atoms with Gasteiger partial charge in [-0.15, -0.1) is 0 Å². The maximum atomic E-state index is 13.0. The number of benzene rings is 2. The highest BCUT2D eigenvalue weighted by Crippen LogP contribution is 2.30. The average molecular weight is 407 g/mol. The number of rotatable bonds is 5. The van der Waals surface area contributed by atoms with Crippen molar-refractivity contribution in [2.75, 3.05) is 43.1 Å². The standard InChI is InChI=1S/C23H25N3O4/c1-16(27)17-7-9-18(10-8-17)26-22(28)15-20(23(26)29)25-13-11-24(12-14-25)19-5-3-4-6-21(19)30-2/h3-10,20H,11-15H2,1-2H3. The van der Waals surface area contributed by atoms with Gasteiger partial charge in [0.05, 0.1) is 30.9 Å². The number of piperazine rings is 1. The molecule has 2 aromatic carbocycles. The summed E-state index contributed by atoms with van der Waals surface area (Å²) in [5, 5.41) is 0. The number of methoxy groups -OCH3 is 1. The molecule has 2 fully saturated rings. The summed E-state index contributed by atoms with van der Waals surface area (Å²) in [6.45, 7) is 4.39. The molecule has 7 heteroatoms. The highest BCUT2D eigenvalue weighted by molar-refractivity contribution is 6.22. The number of ketones is 1. The van der Waals surface area contributed by atoms with Crippen molar-refractivity contribution in [3.8, 4) is 5.75 Å². The van der Waals surface area contributed by atoms with Crippen LogP contribution in [0.3, 0.4) is 0 Å². The van der Waals surface area contributed by atoms with E-state index in [1.54, 1.807) is 31.4 Å². The predicted octanol–water partition coefficient (Wildman–Crippen LogP) is 2.35. The van der Waals surface area contributed by atoms with Gasteiger partial charge in [0.15, 0.2) is 5.78 Å². The number of hydrogen-bond donors (Lipinski definition) is 0. The van der Waals surface area contributed by atoms with Crippen molar-refractivity contribution in [1.29, 1.82) is 0 Å². The van der Waals surface area contributed by atoms with Crippen LogP contribution in [0.4, 0.5) is 11.4 Å². The monoisotopic (exact) mass is 407 g/mol. The molecule has 2 saturated heterocycles. The van der Waals surface area contributed by atoms with Gasteiger partial charge in [-0.3, -0.25) is 19.3 Å². The van der Waals surface area contributed by atoms with E-state index in [2.05, 4.69) is 9.80 Å². The summed E-state index contributed by atoms with van der Waals surface area (Å²) in [7, 11) is 1.66. The predicted molar refractivity (Wildman–Crippen MR) is 114 cm³/mol. The number of nitrogens with zero attached hydrogens (tertiary/aromatic N) is 3.